The summed E-state index contributed by atoms with van der Waals surface area (Å²) in [5.74, 6) is 1.92. The van der Waals surface area contributed by atoms with Gasteiger partial charge in [-0.05, 0) is 48.2 Å². The van der Waals surface area contributed by atoms with Crippen LogP contribution in [0.5, 0.6) is 0 Å². The van der Waals surface area contributed by atoms with Crippen LogP contribution in [0.3, 0.4) is 0 Å². The van der Waals surface area contributed by atoms with Crippen molar-refractivity contribution in [1.29, 1.82) is 0 Å². The van der Waals surface area contributed by atoms with Crippen LogP contribution in [0.4, 0.5) is 16.4 Å². The van der Waals surface area contributed by atoms with Gasteiger partial charge in [0.05, 0.1) is 13.2 Å². The molecular formula is C21H28N6O2. The number of pyridine rings is 2. The average Bonchev–Trinajstić information content (AvgIpc) is 3.32. The Morgan fingerprint density at radius 3 is 1.93 bits per heavy atom. The molecule has 8 heteroatoms. The number of urea groups is 1. The normalized spacial score (nSPS) is 16.7. The van der Waals surface area contributed by atoms with Gasteiger partial charge in [-0.25, -0.2) is 14.8 Å². The number of carbonyl (C=O) groups is 1. The average molecular weight is 396 g/mol. The molecule has 0 radical (unpaired) electrons. The van der Waals surface area contributed by atoms with Crippen LogP contribution in [0.1, 0.15) is 24.0 Å². The fourth-order valence-corrected chi connectivity index (χ4v) is 3.65. The maximum absolute atomic E-state index is 12.2. The number of anilines is 2. The summed E-state index contributed by atoms with van der Waals surface area (Å²) in [5.41, 5.74) is 2.08. The Morgan fingerprint density at radius 2 is 1.38 bits per heavy atom. The van der Waals surface area contributed by atoms with Gasteiger partial charge >= 0.3 is 6.03 Å². The second-order valence-electron chi connectivity index (χ2n) is 7.37. The van der Waals surface area contributed by atoms with Crippen molar-refractivity contribution in [3.8, 4) is 0 Å². The van der Waals surface area contributed by atoms with Crippen molar-refractivity contribution in [3.63, 3.8) is 0 Å². The first-order chi connectivity index (χ1) is 14.3. The van der Waals surface area contributed by atoms with E-state index in [9.17, 15) is 4.79 Å². The van der Waals surface area contributed by atoms with E-state index in [-0.39, 0.29) is 6.03 Å². The van der Waals surface area contributed by atoms with Crippen molar-refractivity contribution in [2.45, 2.75) is 25.9 Å². The summed E-state index contributed by atoms with van der Waals surface area (Å²) in [6.07, 6.45) is 6.03. The van der Waals surface area contributed by atoms with Crippen molar-refractivity contribution in [2.24, 2.45) is 0 Å². The van der Waals surface area contributed by atoms with Crippen LogP contribution in [0.25, 0.3) is 0 Å². The standard InChI is InChI=1S/C21H28N6O2/c28-21(24-15-17-3-5-22-19(13-17)26-7-1-2-8-26)25-16-18-4-6-23-20(14-18)27-9-11-29-12-10-27/h3-6,13-14H,1-2,7-12,15-16H2,(H2,24,25,28). The Balaban J connectivity index is 1.25. The van der Waals surface area contributed by atoms with Crippen LogP contribution in [-0.2, 0) is 17.8 Å². The molecule has 2 aliphatic rings. The van der Waals surface area contributed by atoms with Crippen LogP contribution < -0.4 is 20.4 Å². The fourth-order valence-electron chi connectivity index (χ4n) is 3.65. The molecule has 0 atom stereocenters. The monoisotopic (exact) mass is 396 g/mol. The molecule has 2 saturated heterocycles. The number of rotatable bonds is 6. The van der Waals surface area contributed by atoms with E-state index in [0.29, 0.717) is 13.1 Å². The minimum atomic E-state index is -0.186. The van der Waals surface area contributed by atoms with Gasteiger partial charge in [0.2, 0.25) is 0 Å². The number of hydrogen-bond donors (Lipinski definition) is 2. The molecule has 2 amide bonds. The lowest BCUT2D eigenvalue weighted by Crippen LogP contribution is -2.37. The van der Waals surface area contributed by atoms with Gasteiger partial charge in [-0.3, -0.25) is 0 Å². The zero-order valence-corrected chi connectivity index (χ0v) is 16.6. The first-order valence-electron chi connectivity index (χ1n) is 10.3. The highest BCUT2D eigenvalue weighted by Gasteiger charge is 2.14. The van der Waals surface area contributed by atoms with Gasteiger partial charge in [-0.2, -0.15) is 0 Å². The van der Waals surface area contributed by atoms with Crippen molar-refractivity contribution in [2.75, 3.05) is 49.2 Å². The number of carbonyl (C=O) groups excluding carboxylic acids is 1. The molecule has 0 unspecified atom stereocenters. The number of amides is 2. The van der Waals surface area contributed by atoms with Crippen LogP contribution in [0.15, 0.2) is 36.7 Å². The number of nitrogens with one attached hydrogen (secondary N) is 2. The molecule has 0 saturated carbocycles. The van der Waals surface area contributed by atoms with Gasteiger partial charge in [-0.1, -0.05) is 0 Å². The van der Waals surface area contributed by atoms with Gasteiger partial charge < -0.3 is 25.2 Å². The van der Waals surface area contributed by atoms with Gasteiger partial charge in [0, 0.05) is 51.7 Å². The maximum atomic E-state index is 12.2. The minimum Gasteiger partial charge on any atom is -0.378 e. The summed E-state index contributed by atoms with van der Waals surface area (Å²) in [5, 5.41) is 5.85. The van der Waals surface area contributed by atoms with E-state index in [0.717, 1.165) is 62.2 Å². The molecule has 2 aromatic heterocycles. The van der Waals surface area contributed by atoms with Crippen molar-refractivity contribution >= 4 is 17.7 Å². The molecule has 0 aliphatic carbocycles. The molecule has 2 N–H and O–H groups in total. The van der Waals surface area contributed by atoms with E-state index in [2.05, 4.69) is 36.5 Å². The highest BCUT2D eigenvalue weighted by molar-refractivity contribution is 5.73. The first-order valence-corrected chi connectivity index (χ1v) is 10.3. The zero-order chi connectivity index (χ0) is 19.9. The third-order valence-corrected chi connectivity index (χ3v) is 5.29. The molecule has 2 fully saturated rings. The number of morpholine rings is 1. The molecular weight excluding hydrogens is 368 g/mol. The molecule has 154 valence electrons. The van der Waals surface area contributed by atoms with E-state index in [1.165, 1.54) is 12.8 Å². The second-order valence-corrected chi connectivity index (χ2v) is 7.37. The largest absolute Gasteiger partial charge is 0.378 e. The quantitative estimate of drug-likeness (QED) is 0.776. The summed E-state index contributed by atoms with van der Waals surface area (Å²) < 4.78 is 5.39. The Bertz CT molecular complexity index is 818. The first kappa shape index (κ1) is 19.4. The lowest BCUT2D eigenvalue weighted by molar-refractivity contribution is 0.122. The summed E-state index contributed by atoms with van der Waals surface area (Å²) in [7, 11) is 0. The maximum Gasteiger partial charge on any atom is 0.315 e. The van der Waals surface area contributed by atoms with Gasteiger partial charge in [0.25, 0.3) is 0 Å². The lowest BCUT2D eigenvalue weighted by atomic mass is 10.2. The van der Waals surface area contributed by atoms with Gasteiger partial charge in [-0.15, -0.1) is 0 Å². The molecule has 0 aromatic carbocycles. The van der Waals surface area contributed by atoms with E-state index in [1.54, 1.807) is 6.20 Å². The molecule has 2 aliphatic heterocycles. The zero-order valence-electron chi connectivity index (χ0n) is 16.6. The molecule has 8 nitrogen and oxygen atoms in total. The molecule has 0 spiro atoms. The predicted molar refractivity (Wildman–Crippen MR) is 112 cm³/mol. The summed E-state index contributed by atoms with van der Waals surface area (Å²) in [6.45, 7) is 6.19. The highest BCUT2D eigenvalue weighted by atomic mass is 16.5. The summed E-state index contributed by atoms with van der Waals surface area (Å²) >= 11 is 0. The van der Waals surface area contributed by atoms with Crippen molar-refractivity contribution in [3.05, 3.63) is 47.8 Å². The van der Waals surface area contributed by atoms with Crippen LogP contribution >= 0.6 is 0 Å². The van der Waals surface area contributed by atoms with E-state index >= 15 is 0 Å². The highest BCUT2D eigenvalue weighted by Crippen LogP contribution is 2.18. The Labute approximate surface area is 171 Å². The lowest BCUT2D eigenvalue weighted by Gasteiger charge is -2.28. The SMILES string of the molecule is O=C(NCc1ccnc(N2CCCC2)c1)NCc1ccnc(N2CCOCC2)c1. The molecule has 0 bridgehead atoms. The molecule has 29 heavy (non-hydrogen) atoms. The van der Waals surface area contributed by atoms with Gasteiger partial charge in [0.1, 0.15) is 11.6 Å². The fraction of sp³-hybridized carbons (Fsp3) is 0.476. The van der Waals surface area contributed by atoms with E-state index < -0.39 is 0 Å². The van der Waals surface area contributed by atoms with E-state index in [1.807, 2.05) is 24.4 Å². The van der Waals surface area contributed by atoms with E-state index in [4.69, 9.17) is 4.74 Å². The van der Waals surface area contributed by atoms with Crippen LogP contribution in [-0.4, -0.2) is 55.4 Å². The Morgan fingerprint density at radius 1 is 0.862 bits per heavy atom. The smallest absolute Gasteiger partial charge is 0.315 e. The number of aromatic nitrogens is 2. The molecule has 2 aromatic rings. The van der Waals surface area contributed by atoms with Crippen LogP contribution in [0, 0.1) is 0 Å². The van der Waals surface area contributed by atoms with Crippen molar-refractivity contribution in [1.82, 2.24) is 20.6 Å². The molecule has 4 heterocycles. The summed E-state index contributed by atoms with van der Waals surface area (Å²) in [6, 6.07) is 7.77. The Kier molecular flexibility index (Phi) is 6.41. The second kappa shape index (κ2) is 9.56. The topological polar surface area (TPSA) is 82.6 Å². The number of hydrogen-bond acceptors (Lipinski definition) is 6. The number of nitrogens with zero attached hydrogens (tertiary/aromatic N) is 4. The number of ether oxygens (including phenoxy) is 1. The molecule has 4 rings (SSSR count). The summed E-state index contributed by atoms with van der Waals surface area (Å²) in [4.78, 5) is 25.6. The van der Waals surface area contributed by atoms with Gasteiger partial charge in [0.15, 0.2) is 0 Å². The third kappa shape index (κ3) is 5.35. The van der Waals surface area contributed by atoms with Crippen molar-refractivity contribution < 1.29 is 9.53 Å². The third-order valence-electron chi connectivity index (χ3n) is 5.29. The van der Waals surface area contributed by atoms with Crippen LogP contribution in [0.2, 0.25) is 0 Å². The predicted octanol–water partition coefficient (Wildman–Crippen LogP) is 1.91. The Hall–Kier alpha value is -2.87. The minimum absolute atomic E-state index is 0.186.